The van der Waals surface area contributed by atoms with Gasteiger partial charge in [-0.15, -0.1) is 15.3 Å². The molecule has 1 N–H and O–H groups in total. The van der Waals surface area contributed by atoms with Crippen molar-refractivity contribution in [3.63, 3.8) is 0 Å². The molecule has 1 aliphatic carbocycles. The lowest BCUT2D eigenvalue weighted by Crippen LogP contribution is -2.27. The third-order valence-electron chi connectivity index (χ3n) is 4.94. The zero-order valence-electron chi connectivity index (χ0n) is 13.3. The number of nitrogens with zero attached hydrogens (tertiary/aromatic N) is 5. The summed E-state index contributed by atoms with van der Waals surface area (Å²) < 4.78 is 1.91. The van der Waals surface area contributed by atoms with Gasteiger partial charge in [0.1, 0.15) is 0 Å². The fraction of sp³-hybridized carbons (Fsp3) is 0.688. The van der Waals surface area contributed by atoms with E-state index in [0.717, 1.165) is 43.2 Å². The predicted octanol–water partition coefficient (Wildman–Crippen LogP) is 1.82. The summed E-state index contributed by atoms with van der Waals surface area (Å²) in [6.07, 6.45) is 7.39. The van der Waals surface area contributed by atoms with Crippen molar-refractivity contribution in [2.24, 2.45) is 0 Å². The van der Waals surface area contributed by atoms with Crippen LogP contribution >= 0.6 is 0 Å². The molecule has 0 bridgehead atoms. The van der Waals surface area contributed by atoms with Crippen molar-refractivity contribution < 1.29 is 0 Å². The van der Waals surface area contributed by atoms with Gasteiger partial charge in [-0.2, -0.15) is 4.52 Å². The number of rotatable bonds is 4. The molecule has 1 fully saturated rings. The van der Waals surface area contributed by atoms with Gasteiger partial charge in [-0.05, 0) is 58.5 Å². The first-order valence-corrected chi connectivity index (χ1v) is 8.53. The molecule has 3 heterocycles. The van der Waals surface area contributed by atoms with E-state index in [1.165, 1.54) is 49.9 Å². The maximum absolute atomic E-state index is 4.77. The van der Waals surface area contributed by atoms with Crippen molar-refractivity contribution in [1.82, 2.24) is 24.7 Å². The van der Waals surface area contributed by atoms with E-state index < -0.39 is 0 Å². The summed E-state index contributed by atoms with van der Waals surface area (Å²) in [4.78, 5) is 2.53. The average Bonchev–Trinajstić information content (AvgIpc) is 3.18. The van der Waals surface area contributed by atoms with Crippen LogP contribution in [0.2, 0.25) is 0 Å². The summed E-state index contributed by atoms with van der Waals surface area (Å²) >= 11 is 0. The van der Waals surface area contributed by atoms with Crippen molar-refractivity contribution in [3.8, 4) is 0 Å². The van der Waals surface area contributed by atoms with Gasteiger partial charge in [-0.25, -0.2) is 0 Å². The number of likely N-dealkylation sites (tertiary alicyclic amines) is 1. The van der Waals surface area contributed by atoms with Gasteiger partial charge in [0, 0.05) is 24.2 Å². The molecule has 1 saturated heterocycles. The lowest BCUT2D eigenvalue weighted by molar-refractivity contribution is 0.352. The third-order valence-corrected chi connectivity index (χ3v) is 4.94. The maximum atomic E-state index is 4.77. The number of aromatic nitrogens is 4. The van der Waals surface area contributed by atoms with E-state index in [2.05, 4.69) is 20.4 Å². The second-order valence-corrected chi connectivity index (χ2v) is 6.47. The Kier molecular flexibility index (Phi) is 3.70. The third kappa shape index (κ3) is 2.45. The first-order valence-electron chi connectivity index (χ1n) is 8.53. The quantitative estimate of drug-likeness (QED) is 0.933. The highest BCUT2D eigenvalue weighted by Crippen LogP contribution is 2.29. The zero-order chi connectivity index (χ0) is 14.9. The molecule has 1 aliphatic heterocycles. The Morgan fingerprint density at radius 1 is 1.00 bits per heavy atom. The van der Waals surface area contributed by atoms with Crippen molar-refractivity contribution in [2.45, 2.75) is 45.4 Å². The molecule has 4 rings (SSSR count). The molecule has 2 aromatic rings. The highest BCUT2D eigenvalue weighted by molar-refractivity contribution is 5.60. The standard InChI is InChI=1S/C16H24N6/c1-12-18-19-16-14-7-3-2-6-13(14)15(20-22(12)16)17-8-11-21-9-4-5-10-21/h2-11H2,1H3,(H,17,20). The minimum absolute atomic E-state index is 0.867. The van der Waals surface area contributed by atoms with Gasteiger partial charge < -0.3 is 10.2 Å². The van der Waals surface area contributed by atoms with E-state index in [1.807, 2.05) is 11.4 Å². The van der Waals surface area contributed by atoms with Crippen LogP contribution in [0.4, 0.5) is 5.82 Å². The van der Waals surface area contributed by atoms with E-state index in [-0.39, 0.29) is 0 Å². The summed E-state index contributed by atoms with van der Waals surface area (Å²) in [6, 6.07) is 0. The molecule has 0 atom stereocenters. The van der Waals surface area contributed by atoms with E-state index in [4.69, 9.17) is 5.10 Å². The fourth-order valence-electron chi connectivity index (χ4n) is 3.72. The van der Waals surface area contributed by atoms with Crippen molar-refractivity contribution in [1.29, 1.82) is 0 Å². The van der Waals surface area contributed by atoms with Crippen LogP contribution in [0.3, 0.4) is 0 Å². The van der Waals surface area contributed by atoms with E-state index in [0.29, 0.717) is 0 Å². The van der Waals surface area contributed by atoms with Crippen LogP contribution in [0.15, 0.2) is 0 Å². The lowest BCUT2D eigenvalue weighted by Gasteiger charge is -2.21. The summed E-state index contributed by atoms with van der Waals surface area (Å²) in [7, 11) is 0. The lowest BCUT2D eigenvalue weighted by atomic mass is 9.93. The molecule has 2 aromatic heterocycles. The van der Waals surface area contributed by atoms with E-state index in [9.17, 15) is 0 Å². The molecule has 6 heteroatoms. The Balaban J connectivity index is 1.59. The smallest absolute Gasteiger partial charge is 0.181 e. The average molecular weight is 300 g/mol. The Morgan fingerprint density at radius 3 is 2.59 bits per heavy atom. The van der Waals surface area contributed by atoms with Crippen molar-refractivity contribution in [2.75, 3.05) is 31.5 Å². The van der Waals surface area contributed by atoms with Crippen LogP contribution in [0, 0.1) is 6.92 Å². The number of anilines is 1. The normalized spacial score (nSPS) is 18.8. The number of hydrogen-bond donors (Lipinski definition) is 1. The molecule has 0 saturated carbocycles. The van der Waals surface area contributed by atoms with Crippen molar-refractivity contribution in [3.05, 3.63) is 17.0 Å². The van der Waals surface area contributed by atoms with Gasteiger partial charge in [0.25, 0.3) is 0 Å². The van der Waals surface area contributed by atoms with Crippen LogP contribution in [0.25, 0.3) is 5.65 Å². The number of hydrogen-bond acceptors (Lipinski definition) is 5. The predicted molar refractivity (Wildman–Crippen MR) is 86.3 cm³/mol. The molecule has 0 amide bonds. The molecule has 6 nitrogen and oxygen atoms in total. The molecular weight excluding hydrogens is 276 g/mol. The van der Waals surface area contributed by atoms with Crippen LogP contribution in [0.5, 0.6) is 0 Å². The summed E-state index contributed by atoms with van der Waals surface area (Å²) in [5.41, 5.74) is 3.68. The maximum Gasteiger partial charge on any atom is 0.181 e. The largest absolute Gasteiger partial charge is 0.367 e. The SMILES string of the molecule is Cc1nnc2c3c(c(NCCN4CCCC4)nn12)CCCC3. The molecule has 118 valence electrons. The summed E-state index contributed by atoms with van der Waals surface area (Å²) in [6.45, 7) is 6.53. The fourth-order valence-corrected chi connectivity index (χ4v) is 3.72. The van der Waals surface area contributed by atoms with Gasteiger partial charge in [0.15, 0.2) is 17.3 Å². The minimum atomic E-state index is 0.867. The van der Waals surface area contributed by atoms with Crippen LogP contribution in [-0.2, 0) is 12.8 Å². The number of nitrogens with one attached hydrogen (secondary N) is 1. The van der Waals surface area contributed by atoms with Crippen LogP contribution in [0.1, 0.15) is 42.6 Å². The summed E-state index contributed by atoms with van der Waals surface area (Å²) in [5.74, 6) is 1.91. The molecular formula is C16H24N6. The van der Waals surface area contributed by atoms with Crippen LogP contribution < -0.4 is 5.32 Å². The highest BCUT2D eigenvalue weighted by atomic mass is 15.4. The van der Waals surface area contributed by atoms with Crippen LogP contribution in [-0.4, -0.2) is 50.9 Å². The van der Waals surface area contributed by atoms with Crippen molar-refractivity contribution >= 4 is 11.5 Å². The van der Waals surface area contributed by atoms with Gasteiger partial charge in [-0.1, -0.05) is 0 Å². The number of fused-ring (bicyclic) bond motifs is 3. The van der Waals surface area contributed by atoms with Gasteiger partial charge in [0.05, 0.1) is 0 Å². The Hall–Kier alpha value is -1.69. The monoisotopic (exact) mass is 300 g/mol. The second-order valence-electron chi connectivity index (χ2n) is 6.47. The summed E-state index contributed by atoms with van der Waals surface area (Å²) in [5, 5.41) is 16.9. The topological polar surface area (TPSA) is 58.4 Å². The van der Waals surface area contributed by atoms with Gasteiger partial charge in [0.2, 0.25) is 0 Å². The second kappa shape index (κ2) is 5.83. The molecule has 0 spiro atoms. The van der Waals surface area contributed by atoms with E-state index >= 15 is 0 Å². The molecule has 2 aliphatic rings. The molecule has 22 heavy (non-hydrogen) atoms. The highest BCUT2D eigenvalue weighted by Gasteiger charge is 2.21. The molecule has 0 unspecified atom stereocenters. The zero-order valence-corrected chi connectivity index (χ0v) is 13.3. The number of aryl methyl sites for hydroxylation is 2. The van der Waals surface area contributed by atoms with Gasteiger partial charge in [-0.3, -0.25) is 0 Å². The molecule has 0 aromatic carbocycles. The minimum Gasteiger partial charge on any atom is -0.367 e. The van der Waals surface area contributed by atoms with Gasteiger partial charge >= 0.3 is 0 Å². The first-order chi connectivity index (χ1) is 10.8. The Bertz CT molecular complexity index is 671. The van der Waals surface area contributed by atoms with E-state index in [1.54, 1.807) is 0 Å². The molecule has 0 radical (unpaired) electrons. The first kappa shape index (κ1) is 13.9. The Labute approximate surface area is 130 Å². The Morgan fingerprint density at radius 2 is 1.77 bits per heavy atom.